The van der Waals surface area contributed by atoms with Gasteiger partial charge in [0.1, 0.15) is 0 Å². The summed E-state index contributed by atoms with van der Waals surface area (Å²) in [5.74, 6) is 0.136. The molecule has 0 saturated carbocycles. The van der Waals surface area contributed by atoms with Crippen molar-refractivity contribution in [3.05, 3.63) is 0 Å². The predicted molar refractivity (Wildman–Crippen MR) is 65.9 cm³/mol. The van der Waals surface area contributed by atoms with E-state index in [0.29, 0.717) is 12.5 Å². The number of hydrogen-bond donors (Lipinski definition) is 0. The fourth-order valence-electron chi connectivity index (χ4n) is 1.38. The summed E-state index contributed by atoms with van der Waals surface area (Å²) in [4.78, 5) is 20.9. The highest BCUT2D eigenvalue weighted by Gasteiger charge is 2.18. The lowest BCUT2D eigenvalue weighted by atomic mass is 10.00. The largest absolute Gasteiger partial charge is 0.348 e. The molecule has 0 aromatic rings. The first-order chi connectivity index (χ1) is 8.11. The van der Waals surface area contributed by atoms with Gasteiger partial charge in [-0.15, -0.1) is 0 Å². The maximum atomic E-state index is 11.5. The Bertz CT molecular complexity index is 192. The Kier molecular flexibility index (Phi) is 10.2. The second-order valence-electron chi connectivity index (χ2n) is 4.72. The summed E-state index contributed by atoms with van der Waals surface area (Å²) < 4.78 is 0. The molecule has 0 N–H and O–H groups in total. The second-order valence-corrected chi connectivity index (χ2v) is 4.72. The number of carbonyl (C=O) groups excluding carboxylic acids is 1. The summed E-state index contributed by atoms with van der Waals surface area (Å²) in [6, 6.07) is 0. The fraction of sp³-hybridized carbons (Fsp3) is 0.923. The van der Waals surface area contributed by atoms with Gasteiger partial charge >= 0.3 is 5.97 Å². The summed E-state index contributed by atoms with van der Waals surface area (Å²) >= 11 is 0. The van der Waals surface area contributed by atoms with Crippen molar-refractivity contribution < 1.29 is 19.6 Å². The molecule has 0 radical (unpaired) electrons. The molecule has 0 bridgehead atoms. The molecule has 0 aliphatic rings. The summed E-state index contributed by atoms with van der Waals surface area (Å²) in [6.07, 6.45) is 4.61. The van der Waals surface area contributed by atoms with Gasteiger partial charge in [0.05, 0.1) is 12.5 Å². The minimum atomic E-state index is -0.328. The van der Waals surface area contributed by atoms with E-state index in [1.807, 2.05) is 6.92 Å². The first-order valence-electron chi connectivity index (χ1n) is 6.61. The molecule has 4 nitrogen and oxygen atoms in total. The topological polar surface area (TPSA) is 44.8 Å². The lowest BCUT2D eigenvalue weighted by molar-refractivity contribution is -0.488. The van der Waals surface area contributed by atoms with Crippen molar-refractivity contribution in [3.63, 3.8) is 0 Å². The molecule has 1 atom stereocenters. The maximum absolute atomic E-state index is 11.5. The highest BCUT2D eigenvalue weighted by atomic mass is 17.5. The van der Waals surface area contributed by atoms with Crippen LogP contribution >= 0.6 is 0 Å². The molecule has 102 valence electrons. The summed E-state index contributed by atoms with van der Waals surface area (Å²) in [6.45, 7) is 8.70. The average Bonchev–Trinajstić information content (AvgIpc) is 2.29. The van der Waals surface area contributed by atoms with Gasteiger partial charge in [0.25, 0.3) is 0 Å². The van der Waals surface area contributed by atoms with Crippen molar-refractivity contribution in [2.45, 2.75) is 59.8 Å². The zero-order valence-electron chi connectivity index (χ0n) is 11.5. The molecule has 17 heavy (non-hydrogen) atoms. The monoisotopic (exact) mass is 246 g/mol. The minimum absolute atomic E-state index is 0.0800. The number of rotatable bonds is 10. The van der Waals surface area contributed by atoms with Crippen LogP contribution in [0.25, 0.3) is 0 Å². The standard InChI is InChI=1S/C13H26O4/c1-5-7-8-12(6-2)13(14)16-17-15-10-9-11(3)4/h11-12H,5-10H2,1-4H3. The molecule has 0 amide bonds. The molecular formula is C13H26O4. The Hall–Kier alpha value is -0.610. The van der Waals surface area contributed by atoms with Crippen LogP contribution in [0.5, 0.6) is 0 Å². The molecule has 0 aromatic heterocycles. The van der Waals surface area contributed by atoms with Gasteiger partial charge in [-0.1, -0.05) is 40.5 Å². The van der Waals surface area contributed by atoms with Gasteiger partial charge < -0.3 is 0 Å². The molecule has 0 aliphatic heterocycles. The first-order valence-corrected chi connectivity index (χ1v) is 6.61. The molecule has 0 fully saturated rings. The first kappa shape index (κ1) is 16.4. The highest BCUT2D eigenvalue weighted by molar-refractivity contribution is 5.71. The van der Waals surface area contributed by atoms with E-state index < -0.39 is 0 Å². The Morgan fingerprint density at radius 1 is 1.18 bits per heavy atom. The number of hydrogen-bond acceptors (Lipinski definition) is 4. The van der Waals surface area contributed by atoms with Crippen molar-refractivity contribution in [2.75, 3.05) is 6.61 Å². The predicted octanol–water partition coefficient (Wildman–Crippen LogP) is 3.66. The van der Waals surface area contributed by atoms with Crippen LogP contribution < -0.4 is 0 Å². The van der Waals surface area contributed by atoms with E-state index in [4.69, 9.17) is 4.89 Å². The normalized spacial score (nSPS) is 12.8. The lowest BCUT2D eigenvalue weighted by Crippen LogP contribution is -2.18. The Morgan fingerprint density at radius 3 is 2.41 bits per heavy atom. The van der Waals surface area contributed by atoms with E-state index >= 15 is 0 Å². The zero-order valence-corrected chi connectivity index (χ0v) is 11.5. The van der Waals surface area contributed by atoms with Crippen molar-refractivity contribution in [1.82, 2.24) is 0 Å². The smallest absolute Gasteiger partial charge is 0.269 e. The quantitative estimate of drug-likeness (QED) is 0.335. The summed E-state index contributed by atoms with van der Waals surface area (Å²) in [5, 5.41) is 4.46. The van der Waals surface area contributed by atoms with Crippen LogP contribution in [0.3, 0.4) is 0 Å². The molecule has 0 rings (SSSR count). The van der Waals surface area contributed by atoms with Crippen molar-refractivity contribution in [2.24, 2.45) is 11.8 Å². The van der Waals surface area contributed by atoms with Crippen molar-refractivity contribution >= 4 is 5.97 Å². The number of unbranched alkanes of at least 4 members (excludes halogenated alkanes) is 1. The molecular weight excluding hydrogens is 220 g/mol. The van der Waals surface area contributed by atoms with Crippen molar-refractivity contribution in [1.29, 1.82) is 0 Å². The van der Waals surface area contributed by atoms with Gasteiger partial charge in [-0.2, -0.15) is 4.89 Å². The molecule has 0 aromatic carbocycles. The van der Waals surface area contributed by atoms with E-state index in [9.17, 15) is 4.79 Å². The third-order valence-electron chi connectivity index (χ3n) is 2.68. The third-order valence-corrected chi connectivity index (χ3v) is 2.68. The Labute approximate surface area is 104 Å². The van der Waals surface area contributed by atoms with E-state index in [0.717, 1.165) is 32.1 Å². The second kappa shape index (κ2) is 10.5. The van der Waals surface area contributed by atoms with Crippen LogP contribution in [-0.4, -0.2) is 12.6 Å². The van der Waals surface area contributed by atoms with Gasteiger partial charge in [-0.25, -0.2) is 4.79 Å². The molecule has 0 heterocycles. The lowest BCUT2D eigenvalue weighted by Gasteiger charge is -2.11. The van der Waals surface area contributed by atoms with E-state index in [-0.39, 0.29) is 11.9 Å². The van der Waals surface area contributed by atoms with Gasteiger partial charge in [0, 0.05) is 0 Å². The van der Waals surface area contributed by atoms with Crippen LogP contribution in [0.1, 0.15) is 59.8 Å². The maximum Gasteiger partial charge on any atom is 0.348 e. The van der Waals surface area contributed by atoms with Gasteiger partial charge in [-0.3, -0.25) is 4.89 Å². The van der Waals surface area contributed by atoms with Crippen LogP contribution in [0.2, 0.25) is 0 Å². The molecule has 1 unspecified atom stereocenters. The van der Waals surface area contributed by atoms with Crippen LogP contribution in [0.4, 0.5) is 0 Å². The third kappa shape index (κ3) is 9.12. The van der Waals surface area contributed by atoms with E-state index in [1.54, 1.807) is 0 Å². The summed E-state index contributed by atoms with van der Waals surface area (Å²) in [5.41, 5.74) is 0. The molecule has 0 aliphatic carbocycles. The Morgan fingerprint density at radius 2 is 1.88 bits per heavy atom. The van der Waals surface area contributed by atoms with Crippen LogP contribution in [0, 0.1) is 11.8 Å². The van der Waals surface area contributed by atoms with Gasteiger partial charge in [0.15, 0.2) is 0 Å². The van der Waals surface area contributed by atoms with Gasteiger partial charge in [-0.05, 0) is 30.2 Å². The van der Waals surface area contributed by atoms with Crippen LogP contribution in [-0.2, 0) is 19.6 Å². The summed E-state index contributed by atoms with van der Waals surface area (Å²) in [7, 11) is 0. The van der Waals surface area contributed by atoms with Crippen LogP contribution in [0.15, 0.2) is 0 Å². The van der Waals surface area contributed by atoms with E-state index in [2.05, 4.69) is 30.7 Å². The van der Waals surface area contributed by atoms with E-state index in [1.165, 1.54) is 0 Å². The number of carbonyl (C=O) groups is 1. The minimum Gasteiger partial charge on any atom is -0.269 e. The molecule has 4 heteroatoms. The average molecular weight is 246 g/mol. The zero-order chi connectivity index (χ0) is 13.1. The van der Waals surface area contributed by atoms with Crippen molar-refractivity contribution in [3.8, 4) is 0 Å². The van der Waals surface area contributed by atoms with Gasteiger partial charge in [0.2, 0.25) is 0 Å². The highest BCUT2D eigenvalue weighted by Crippen LogP contribution is 2.14. The Balaban J connectivity index is 3.60. The molecule has 0 spiro atoms. The SMILES string of the molecule is CCCCC(CC)C(=O)OOOCCC(C)C. The fourth-order valence-corrected chi connectivity index (χ4v) is 1.38. The molecule has 0 saturated heterocycles.